The van der Waals surface area contributed by atoms with E-state index in [0.717, 1.165) is 47.4 Å². The van der Waals surface area contributed by atoms with Crippen LogP contribution in [0.1, 0.15) is 42.9 Å². The molecule has 6 rings (SSSR count). The molecule has 1 aliphatic carbocycles. The van der Waals surface area contributed by atoms with Gasteiger partial charge in [0, 0.05) is 50.0 Å². The molecule has 3 heterocycles. The maximum absolute atomic E-state index is 6.40. The minimum absolute atomic E-state index is 0.333. The lowest BCUT2D eigenvalue weighted by Crippen LogP contribution is -2.49. The van der Waals surface area contributed by atoms with Crippen LogP contribution in [0, 0.1) is 6.92 Å². The van der Waals surface area contributed by atoms with Crippen molar-refractivity contribution in [1.82, 2.24) is 29.5 Å². The fraction of sp³-hybridized carbons (Fsp3) is 0.433. The molecule has 1 aliphatic heterocycles. The van der Waals surface area contributed by atoms with E-state index in [4.69, 9.17) is 10.8 Å². The van der Waals surface area contributed by atoms with E-state index in [1.54, 1.807) is 6.33 Å². The van der Waals surface area contributed by atoms with Crippen molar-refractivity contribution in [3.05, 3.63) is 66.0 Å². The van der Waals surface area contributed by atoms with Crippen molar-refractivity contribution >= 4 is 22.5 Å². The van der Waals surface area contributed by atoms with E-state index in [2.05, 4.69) is 92.3 Å². The van der Waals surface area contributed by atoms with Crippen LogP contribution in [0.25, 0.3) is 22.3 Å². The number of hydrogen-bond donors (Lipinski definition) is 2. The van der Waals surface area contributed by atoms with E-state index in [0.29, 0.717) is 17.9 Å². The van der Waals surface area contributed by atoms with Gasteiger partial charge in [0.1, 0.15) is 17.8 Å². The summed E-state index contributed by atoms with van der Waals surface area (Å²) in [6, 6.07) is 17.9. The Kier molecular flexibility index (Phi) is 7.00. The van der Waals surface area contributed by atoms with Gasteiger partial charge in [0.05, 0.1) is 11.4 Å². The summed E-state index contributed by atoms with van der Waals surface area (Å²) >= 11 is 0. The molecule has 2 aromatic carbocycles. The molecule has 0 amide bonds. The Morgan fingerprint density at radius 2 is 1.61 bits per heavy atom. The second kappa shape index (κ2) is 10.7. The predicted molar refractivity (Wildman–Crippen MR) is 154 cm³/mol. The fourth-order valence-corrected chi connectivity index (χ4v) is 6.06. The summed E-state index contributed by atoms with van der Waals surface area (Å²) in [6.45, 7) is 7.64. The molecule has 1 saturated heterocycles. The first-order valence-electron chi connectivity index (χ1n) is 13.9. The summed E-state index contributed by atoms with van der Waals surface area (Å²) in [7, 11) is 2.22. The molecule has 2 aromatic heterocycles. The van der Waals surface area contributed by atoms with Gasteiger partial charge >= 0.3 is 0 Å². The number of fused-ring (bicyclic) bond motifs is 1. The number of aryl methyl sites for hydroxylation is 1. The van der Waals surface area contributed by atoms with Gasteiger partial charge in [0.2, 0.25) is 0 Å². The predicted octanol–water partition coefficient (Wildman–Crippen LogP) is 4.73. The Balaban J connectivity index is 1.20. The summed E-state index contributed by atoms with van der Waals surface area (Å²) in [4.78, 5) is 14.1. The molecule has 3 N–H and O–H groups in total. The number of likely N-dealkylation sites (N-methyl/N-ethyl adjacent to an activating group) is 1. The van der Waals surface area contributed by atoms with Crippen molar-refractivity contribution in [3.63, 3.8) is 0 Å². The molecule has 0 unspecified atom stereocenters. The second-order valence-electron chi connectivity index (χ2n) is 10.9. The van der Waals surface area contributed by atoms with Crippen molar-refractivity contribution in [2.75, 3.05) is 44.3 Å². The van der Waals surface area contributed by atoms with Gasteiger partial charge in [-0.25, -0.2) is 14.6 Å². The number of benzene rings is 2. The van der Waals surface area contributed by atoms with Gasteiger partial charge in [0.25, 0.3) is 0 Å². The standard InChI is InChI=1S/C30H38N8/c1-21-5-3-4-6-23(21)19-32-24-9-7-22(8-10-24)28-27-29(31)33-20-34-30(27)38(35-28)26-13-11-25(12-14-26)37-17-15-36(2)16-18-37/h3-10,20,25-26,32H,11-19H2,1-2H3,(H2,31,33,34). The van der Waals surface area contributed by atoms with Gasteiger partial charge < -0.3 is 16.0 Å². The number of nitrogens with zero attached hydrogens (tertiary/aromatic N) is 6. The first-order valence-corrected chi connectivity index (χ1v) is 13.9. The lowest BCUT2D eigenvalue weighted by molar-refractivity contribution is 0.0815. The number of piperazine rings is 1. The van der Waals surface area contributed by atoms with E-state index in [-0.39, 0.29) is 0 Å². The monoisotopic (exact) mass is 510 g/mol. The van der Waals surface area contributed by atoms with Crippen LogP contribution in [0.2, 0.25) is 0 Å². The maximum atomic E-state index is 6.40. The molecule has 2 aliphatic rings. The molecule has 1 saturated carbocycles. The number of anilines is 2. The van der Waals surface area contributed by atoms with Crippen LogP contribution in [0.4, 0.5) is 11.5 Å². The third-order valence-electron chi connectivity index (χ3n) is 8.49. The molecule has 4 aromatic rings. The minimum Gasteiger partial charge on any atom is -0.383 e. The van der Waals surface area contributed by atoms with Crippen molar-refractivity contribution in [1.29, 1.82) is 0 Å². The Morgan fingerprint density at radius 1 is 0.895 bits per heavy atom. The van der Waals surface area contributed by atoms with Crippen molar-refractivity contribution in [2.45, 2.75) is 51.2 Å². The molecule has 0 atom stereocenters. The lowest BCUT2D eigenvalue weighted by atomic mass is 9.90. The highest BCUT2D eigenvalue weighted by Crippen LogP contribution is 2.37. The molecule has 8 nitrogen and oxygen atoms in total. The molecular formula is C30H38N8. The highest BCUT2D eigenvalue weighted by Gasteiger charge is 2.30. The Bertz CT molecular complexity index is 1380. The van der Waals surface area contributed by atoms with E-state index >= 15 is 0 Å². The van der Waals surface area contributed by atoms with Crippen LogP contribution in [-0.2, 0) is 6.54 Å². The highest BCUT2D eigenvalue weighted by atomic mass is 15.3. The van der Waals surface area contributed by atoms with Crippen molar-refractivity contribution in [2.24, 2.45) is 0 Å². The summed E-state index contributed by atoms with van der Waals surface area (Å²) in [5.41, 5.74) is 12.8. The fourth-order valence-electron chi connectivity index (χ4n) is 6.06. The molecule has 198 valence electrons. The molecule has 0 bridgehead atoms. The van der Waals surface area contributed by atoms with E-state index in [1.807, 2.05) is 0 Å². The number of nitrogen functional groups attached to an aromatic ring is 1. The third kappa shape index (κ3) is 4.98. The van der Waals surface area contributed by atoms with E-state index in [9.17, 15) is 0 Å². The lowest BCUT2D eigenvalue weighted by Gasteiger charge is -2.41. The van der Waals surface area contributed by atoms with Gasteiger partial charge in [-0.1, -0.05) is 36.4 Å². The van der Waals surface area contributed by atoms with Crippen LogP contribution < -0.4 is 11.1 Å². The Morgan fingerprint density at radius 3 is 2.34 bits per heavy atom. The first-order chi connectivity index (χ1) is 18.6. The van der Waals surface area contributed by atoms with Crippen LogP contribution in [0.15, 0.2) is 54.9 Å². The minimum atomic E-state index is 0.333. The number of aromatic nitrogens is 4. The smallest absolute Gasteiger partial charge is 0.164 e. The quantitative estimate of drug-likeness (QED) is 0.388. The number of nitrogens with one attached hydrogen (secondary N) is 1. The van der Waals surface area contributed by atoms with E-state index < -0.39 is 0 Å². The molecule has 0 radical (unpaired) electrons. The van der Waals surface area contributed by atoms with Gasteiger partial charge in [-0.3, -0.25) is 4.90 Å². The van der Waals surface area contributed by atoms with Gasteiger partial charge in [-0.2, -0.15) is 5.10 Å². The third-order valence-corrected chi connectivity index (χ3v) is 8.49. The van der Waals surface area contributed by atoms with Gasteiger partial charge in [-0.05, 0) is 62.9 Å². The molecule has 2 fully saturated rings. The average Bonchev–Trinajstić information content (AvgIpc) is 3.34. The SMILES string of the molecule is Cc1ccccc1CNc1ccc(-c2nn(C3CCC(N4CCN(C)CC4)CC3)c3ncnc(N)c23)cc1. The summed E-state index contributed by atoms with van der Waals surface area (Å²) in [6.07, 6.45) is 6.19. The highest BCUT2D eigenvalue weighted by molar-refractivity contribution is 5.98. The van der Waals surface area contributed by atoms with Crippen LogP contribution in [-0.4, -0.2) is 68.8 Å². The number of rotatable bonds is 6. The molecule has 8 heteroatoms. The Labute approximate surface area is 224 Å². The topological polar surface area (TPSA) is 88.1 Å². The molecule has 0 spiro atoms. The molecular weight excluding hydrogens is 472 g/mol. The first kappa shape index (κ1) is 24.8. The zero-order chi connectivity index (χ0) is 26.1. The zero-order valence-corrected chi connectivity index (χ0v) is 22.5. The summed E-state index contributed by atoms with van der Waals surface area (Å²) < 4.78 is 2.13. The summed E-state index contributed by atoms with van der Waals surface area (Å²) in [5, 5.41) is 9.51. The van der Waals surface area contributed by atoms with Crippen LogP contribution in [0.5, 0.6) is 0 Å². The molecule has 38 heavy (non-hydrogen) atoms. The second-order valence-corrected chi connectivity index (χ2v) is 10.9. The van der Waals surface area contributed by atoms with Crippen molar-refractivity contribution in [3.8, 4) is 11.3 Å². The largest absolute Gasteiger partial charge is 0.383 e. The summed E-state index contributed by atoms with van der Waals surface area (Å²) in [5.74, 6) is 0.490. The van der Waals surface area contributed by atoms with Crippen LogP contribution in [0.3, 0.4) is 0 Å². The van der Waals surface area contributed by atoms with Gasteiger partial charge in [0.15, 0.2) is 5.65 Å². The van der Waals surface area contributed by atoms with Gasteiger partial charge in [-0.15, -0.1) is 0 Å². The maximum Gasteiger partial charge on any atom is 0.164 e. The average molecular weight is 511 g/mol. The number of nitrogens with two attached hydrogens (primary N) is 1. The number of hydrogen-bond acceptors (Lipinski definition) is 7. The van der Waals surface area contributed by atoms with Crippen LogP contribution >= 0.6 is 0 Å². The Hall–Kier alpha value is -3.49. The van der Waals surface area contributed by atoms with E-state index in [1.165, 1.54) is 50.1 Å². The zero-order valence-electron chi connectivity index (χ0n) is 22.5. The normalized spacial score (nSPS) is 21.1. The van der Waals surface area contributed by atoms with Crippen molar-refractivity contribution < 1.29 is 0 Å².